The van der Waals surface area contributed by atoms with Crippen molar-refractivity contribution in [3.8, 4) is 0 Å². The van der Waals surface area contributed by atoms with Crippen LogP contribution in [0.2, 0.25) is 0 Å². The maximum atomic E-state index is 11.9. The van der Waals surface area contributed by atoms with Crippen molar-refractivity contribution in [2.24, 2.45) is 11.8 Å². The number of hydrogen-bond donors (Lipinski definition) is 3. The third kappa shape index (κ3) is 4.86. The maximum absolute atomic E-state index is 11.9. The zero-order chi connectivity index (χ0) is 15.8. The molecule has 0 saturated carbocycles. The second-order valence-electron chi connectivity index (χ2n) is 5.29. The average molecular weight is 295 g/mol. The molecule has 0 aromatic carbocycles. The zero-order valence-electron chi connectivity index (χ0n) is 13.1. The summed E-state index contributed by atoms with van der Waals surface area (Å²) in [5, 5.41) is 3.17. The first kappa shape index (κ1) is 17.2. The molecule has 21 heavy (non-hydrogen) atoms. The molecule has 0 aliphatic carbocycles. The van der Waals surface area contributed by atoms with Gasteiger partial charge in [0.1, 0.15) is 24.0 Å². The Hall–Kier alpha value is -1.89. The Morgan fingerprint density at radius 3 is 2.57 bits per heavy atom. The largest absolute Gasteiger partial charge is 0.467 e. The molecule has 1 heterocycles. The van der Waals surface area contributed by atoms with Crippen molar-refractivity contribution in [2.45, 2.75) is 46.1 Å². The summed E-state index contributed by atoms with van der Waals surface area (Å²) in [7, 11) is 1.39. The smallest absolute Gasteiger partial charge is 0.328 e. The highest BCUT2D eigenvalue weighted by atomic mass is 16.5. The lowest BCUT2D eigenvalue weighted by Crippen LogP contribution is -2.33. The standard InChI is InChI=1S/C14H25N5O2/c1-5-6-10-12(16-8-17-13(10)19-15)18-11(7-9(2)3)14(20)21-4/h8-9,11H,5-7,15H2,1-4H3,(H2,16,17,18,19). The highest BCUT2D eigenvalue weighted by Crippen LogP contribution is 2.23. The summed E-state index contributed by atoms with van der Waals surface area (Å²) in [6.07, 6.45) is 3.76. The number of anilines is 2. The van der Waals surface area contributed by atoms with E-state index in [0.717, 1.165) is 18.4 Å². The molecule has 0 radical (unpaired) electrons. The fourth-order valence-corrected chi connectivity index (χ4v) is 2.14. The summed E-state index contributed by atoms with van der Waals surface area (Å²) in [5.41, 5.74) is 3.45. The Kier molecular flexibility index (Phi) is 6.87. The van der Waals surface area contributed by atoms with Gasteiger partial charge in [0.05, 0.1) is 7.11 Å². The number of methoxy groups -OCH3 is 1. The summed E-state index contributed by atoms with van der Waals surface area (Å²) < 4.78 is 4.86. The van der Waals surface area contributed by atoms with Gasteiger partial charge in [-0.25, -0.2) is 20.6 Å². The van der Waals surface area contributed by atoms with Crippen molar-refractivity contribution in [1.82, 2.24) is 9.97 Å². The van der Waals surface area contributed by atoms with Gasteiger partial charge >= 0.3 is 5.97 Å². The van der Waals surface area contributed by atoms with Gasteiger partial charge in [-0.1, -0.05) is 27.2 Å². The quantitative estimate of drug-likeness (QED) is 0.381. The van der Waals surface area contributed by atoms with Crippen molar-refractivity contribution in [3.05, 3.63) is 11.9 Å². The van der Waals surface area contributed by atoms with E-state index in [-0.39, 0.29) is 5.97 Å². The molecule has 0 amide bonds. The number of ether oxygens (including phenoxy) is 1. The lowest BCUT2D eigenvalue weighted by molar-refractivity contribution is -0.141. The predicted octanol–water partition coefficient (Wildman–Crippen LogP) is 1.71. The van der Waals surface area contributed by atoms with Crippen LogP contribution in [0.4, 0.5) is 11.6 Å². The lowest BCUT2D eigenvalue weighted by Gasteiger charge is -2.21. The van der Waals surface area contributed by atoms with Crippen LogP contribution >= 0.6 is 0 Å². The molecule has 0 saturated heterocycles. The minimum Gasteiger partial charge on any atom is -0.467 e. The van der Waals surface area contributed by atoms with Crippen LogP contribution in [0.25, 0.3) is 0 Å². The number of hydrazine groups is 1. The molecule has 1 atom stereocenters. The molecule has 1 aromatic rings. The van der Waals surface area contributed by atoms with Crippen LogP contribution < -0.4 is 16.6 Å². The Bertz CT molecular complexity index is 465. The number of esters is 1. The van der Waals surface area contributed by atoms with Crippen LogP contribution in [-0.2, 0) is 16.0 Å². The number of hydrogen-bond acceptors (Lipinski definition) is 7. The van der Waals surface area contributed by atoms with Gasteiger partial charge in [0.15, 0.2) is 0 Å². The summed E-state index contributed by atoms with van der Waals surface area (Å²) in [6.45, 7) is 6.16. The van der Waals surface area contributed by atoms with Gasteiger partial charge in [-0.15, -0.1) is 0 Å². The van der Waals surface area contributed by atoms with E-state index < -0.39 is 6.04 Å². The molecule has 0 bridgehead atoms. The average Bonchev–Trinajstić information content (AvgIpc) is 2.47. The molecule has 0 aliphatic heterocycles. The van der Waals surface area contributed by atoms with E-state index in [0.29, 0.717) is 24.0 Å². The van der Waals surface area contributed by atoms with E-state index in [2.05, 4.69) is 41.5 Å². The number of nitrogens with one attached hydrogen (secondary N) is 2. The number of aromatic nitrogens is 2. The second kappa shape index (κ2) is 8.41. The molecule has 1 rings (SSSR count). The van der Waals surface area contributed by atoms with Crippen LogP contribution in [0.15, 0.2) is 6.33 Å². The Morgan fingerprint density at radius 1 is 1.38 bits per heavy atom. The van der Waals surface area contributed by atoms with E-state index >= 15 is 0 Å². The van der Waals surface area contributed by atoms with Crippen LogP contribution in [0, 0.1) is 5.92 Å². The third-order valence-electron chi connectivity index (χ3n) is 3.09. The van der Waals surface area contributed by atoms with Crippen LogP contribution in [0.5, 0.6) is 0 Å². The molecule has 0 aliphatic rings. The molecule has 118 valence electrons. The Labute approximate surface area is 125 Å². The first-order valence-electron chi connectivity index (χ1n) is 7.18. The fraction of sp³-hybridized carbons (Fsp3) is 0.643. The van der Waals surface area contributed by atoms with Gasteiger partial charge in [-0.3, -0.25) is 0 Å². The minimum atomic E-state index is -0.439. The summed E-state index contributed by atoms with van der Waals surface area (Å²) >= 11 is 0. The summed E-state index contributed by atoms with van der Waals surface area (Å²) in [5.74, 6) is 6.73. The first-order valence-corrected chi connectivity index (χ1v) is 7.18. The van der Waals surface area contributed by atoms with Crippen molar-refractivity contribution in [3.63, 3.8) is 0 Å². The van der Waals surface area contributed by atoms with Crippen molar-refractivity contribution < 1.29 is 9.53 Å². The summed E-state index contributed by atoms with van der Waals surface area (Å²) in [4.78, 5) is 20.3. The monoisotopic (exact) mass is 295 g/mol. The highest BCUT2D eigenvalue weighted by Gasteiger charge is 2.22. The highest BCUT2D eigenvalue weighted by molar-refractivity contribution is 5.79. The molecule has 0 fully saturated rings. The Morgan fingerprint density at radius 2 is 2.05 bits per heavy atom. The Balaban J connectivity index is 3.04. The van der Waals surface area contributed by atoms with E-state index in [4.69, 9.17) is 10.6 Å². The molecule has 4 N–H and O–H groups in total. The van der Waals surface area contributed by atoms with E-state index in [1.54, 1.807) is 0 Å². The minimum absolute atomic E-state index is 0.299. The van der Waals surface area contributed by atoms with Gasteiger partial charge in [-0.2, -0.15) is 0 Å². The van der Waals surface area contributed by atoms with Crippen molar-refractivity contribution >= 4 is 17.6 Å². The number of nitrogens with zero attached hydrogens (tertiary/aromatic N) is 2. The number of carbonyl (C=O) groups excluding carboxylic acids is 1. The number of nitrogens with two attached hydrogens (primary N) is 1. The molecule has 7 heteroatoms. The number of rotatable bonds is 8. The maximum Gasteiger partial charge on any atom is 0.328 e. The molecule has 7 nitrogen and oxygen atoms in total. The van der Waals surface area contributed by atoms with Crippen molar-refractivity contribution in [2.75, 3.05) is 17.9 Å². The van der Waals surface area contributed by atoms with Gasteiger partial charge in [0.25, 0.3) is 0 Å². The topological polar surface area (TPSA) is 102 Å². The first-order chi connectivity index (χ1) is 10.0. The second-order valence-corrected chi connectivity index (χ2v) is 5.29. The lowest BCUT2D eigenvalue weighted by atomic mass is 10.0. The number of nitrogen functional groups attached to an aromatic ring is 1. The fourth-order valence-electron chi connectivity index (χ4n) is 2.14. The van der Waals surface area contributed by atoms with Gasteiger partial charge in [-0.05, 0) is 18.8 Å². The molecular weight excluding hydrogens is 270 g/mol. The van der Waals surface area contributed by atoms with Crippen LogP contribution in [0.1, 0.15) is 39.2 Å². The van der Waals surface area contributed by atoms with Crippen LogP contribution in [-0.4, -0.2) is 29.1 Å². The van der Waals surface area contributed by atoms with E-state index in [1.165, 1.54) is 13.4 Å². The van der Waals surface area contributed by atoms with Gasteiger partial charge in [0, 0.05) is 5.56 Å². The van der Waals surface area contributed by atoms with E-state index in [9.17, 15) is 4.79 Å². The van der Waals surface area contributed by atoms with Gasteiger partial charge in [0.2, 0.25) is 0 Å². The zero-order valence-corrected chi connectivity index (χ0v) is 13.1. The molecule has 0 spiro atoms. The number of carbonyl (C=O) groups is 1. The van der Waals surface area contributed by atoms with Crippen LogP contribution in [0.3, 0.4) is 0 Å². The normalized spacial score (nSPS) is 12.1. The van der Waals surface area contributed by atoms with Crippen molar-refractivity contribution in [1.29, 1.82) is 0 Å². The van der Waals surface area contributed by atoms with E-state index in [1.807, 2.05) is 0 Å². The third-order valence-corrected chi connectivity index (χ3v) is 3.09. The molecule has 1 unspecified atom stereocenters. The predicted molar refractivity (Wildman–Crippen MR) is 82.7 cm³/mol. The van der Waals surface area contributed by atoms with Gasteiger partial charge < -0.3 is 15.5 Å². The summed E-state index contributed by atoms with van der Waals surface area (Å²) in [6, 6.07) is -0.439. The molecule has 1 aromatic heterocycles. The SMILES string of the molecule is CCCc1c(NN)ncnc1NC(CC(C)C)C(=O)OC. The molecular formula is C14H25N5O2.